The highest BCUT2D eigenvalue weighted by atomic mass is 35.5. The number of hydrogen-bond acceptors (Lipinski definition) is 2. The number of nitrogens with zero attached hydrogens (tertiary/aromatic N) is 1. The first kappa shape index (κ1) is 13.3. The summed E-state index contributed by atoms with van der Waals surface area (Å²) in [5.41, 5.74) is 3.43. The van der Waals surface area contributed by atoms with Crippen molar-refractivity contribution < 1.29 is 5.11 Å². The Bertz CT molecular complexity index is 606. The zero-order chi connectivity index (χ0) is 14.1. The van der Waals surface area contributed by atoms with Crippen molar-refractivity contribution in [1.82, 2.24) is 0 Å². The lowest BCUT2D eigenvalue weighted by Crippen LogP contribution is -2.36. The normalized spacial score (nSPS) is 17.9. The molecule has 1 atom stereocenters. The van der Waals surface area contributed by atoms with Gasteiger partial charge in [0.15, 0.2) is 0 Å². The van der Waals surface area contributed by atoms with E-state index in [-0.39, 0.29) is 5.75 Å². The van der Waals surface area contributed by atoms with Crippen LogP contribution in [0.3, 0.4) is 0 Å². The Hall–Kier alpha value is -1.67. The van der Waals surface area contributed by atoms with Crippen LogP contribution < -0.4 is 4.90 Å². The van der Waals surface area contributed by atoms with Crippen LogP contribution in [-0.4, -0.2) is 11.1 Å². The molecule has 1 N–H and O–H groups in total. The van der Waals surface area contributed by atoms with Crippen LogP contribution in [0.25, 0.3) is 0 Å². The van der Waals surface area contributed by atoms with Gasteiger partial charge in [-0.05, 0) is 43.5 Å². The molecule has 0 aliphatic carbocycles. The number of aryl methyl sites for hydroxylation is 1. The Kier molecular flexibility index (Phi) is 3.58. The Morgan fingerprint density at radius 1 is 1.20 bits per heavy atom. The van der Waals surface area contributed by atoms with Gasteiger partial charge in [-0.25, -0.2) is 0 Å². The molecule has 0 spiro atoms. The van der Waals surface area contributed by atoms with E-state index in [1.807, 2.05) is 6.07 Å². The molecule has 2 nitrogen and oxygen atoms in total. The Morgan fingerprint density at radius 2 is 2.00 bits per heavy atom. The van der Waals surface area contributed by atoms with E-state index in [2.05, 4.69) is 36.1 Å². The first-order valence-electron chi connectivity index (χ1n) is 6.97. The van der Waals surface area contributed by atoms with Crippen molar-refractivity contribution in [2.45, 2.75) is 32.4 Å². The van der Waals surface area contributed by atoms with Gasteiger partial charge in [-0.1, -0.05) is 35.9 Å². The number of fused-ring (bicyclic) bond motifs is 1. The summed E-state index contributed by atoms with van der Waals surface area (Å²) in [5, 5.41) is 10.7. The monoisotopic (exact) mass is 287 g/mol. The van der Waals surface area contributed by atoms with Crippen LogP contribution in [0, 0.1) is 0 Å². The summed E-state index contributed by atoms with van der Waals surface area (Å²) in [6.07, 6.45) is 2.24. The largest absolute Gasteiger partial charge is 0.508 e. The smallest absolute Gasteiger partial charge is 0.122 e. The van der Waals surface area contributed by atoms with Crippen molar-refractivity contribution in [3.63, 3.8) is 0 Å². The molecule has 0 fully saturated rings. The van der Waals surface area contributed by atoms with Gasteiger partial charge in [0.2, 0.25) is 0 Å². The molecule has 0 aromatic heterocycles. The van der Waals surface area contributed by atoms with Crippen LogP contribution in [0.1, 0.15) is 24.5 Å². The molecule has 1 unspecified atom stereocenters. The maximum atomic E-state index is 10.0. The zero-order valence-electron chi connectivity index (χ0n) is 11.5. The highest BCUT2D eigenvalue weighted by Gasteiger charge is 2.24. The average molecular weight is 288 g/mol. The van der Waals surface area contributed by atoms with Crippen molar-refractivity contribution in [3.8, 4) is 5.75 Å². The summed E-state index contributed by atoms with van der Waals surface area (Å²) in [6, 6.07) is 14.2. The second kappa shape index (κ2) is 5.37. The molecule has 0 radical (unpaired) electrons. The highest BCUT2D eigenvalue weighted by molar-refractivity contribution is 6.31. The van der Waals surface area contributed by atoms with Crippen LogP contribution in [0.5, 0.6) is 5.75 Å². The number of phenols is 1. The quantitative estimate of drug-likeness (QED) is 0.886. The molecule has 2 aromatic carbocycles. The molecule has 2 aromatic rings. The number of benzene rings is 2. The van der Waals surface area contributed by atoms with E-state index in [4.69, 9.17) is 11.6 Å². The Balaban J connectivity index is 1.98. The van der Waals surface area contributed by atoms with Crippen LogP contribution in [0.2, 0.25) is 5.02 Å². The summed E-state index contributed by atoms with van der Waals surface area (Å²) in [7, 11) is 0. The molecule has 1 heterocycles. The van der Waals surface area contributed by atoms with Gasteiger partial charge in [-0.15, -0.1) is 0 Å². The molecule has 104 valence electrons. The first-order valence-corrected chi connectivity index (χ1v) is 7.35. The topological polar surface area (TPSA) is 23.5 Å². The van der Waals surface area contributed by atoms with E-state index in [0.29, 0.717) is 17.6 Å². The number of hydrogen-bond donors (Lipinski definition) is 1. The van der Waals surface area contributed by atoms with Crippen molar-refractivity contribution in [2.75, 3.05) is 4.90 Å². The molecule has 20 heavy (non-hydrogen) atoms. The van der Waals surface area contributed by atoms with E-state index in [1.165, 1.54) is 11.3 Å². The average Bonchev–Trinajstić information content (AvgIpc) is 2.45. The summed E-state index contributed by atoms with van der Waals surface area (Å²) < 4.78 is 0. The maximum Gasteiger partial charge on any atom is 0.122 e. The second-order valence-electron chi connectivity index (χ2n) is 5.38. The van der Waals surface area contributed by atoms with E-state index in [0.717, 1.165) is 18.4 Å². The van der Waals surface area contributed by atoms with Crippen LogP contribution in [-0.2, 0) is 13.0 Å². The summed E-state index contributed by atoms with van der Waals surface area (Å²) in [6.45, 7) is 2.87. The predicted octanol–water partition coefficient (Wildman–Crippen LogP) is 4.39. The standard InChI is InChI=1S/C17H18ClNO/c1-12-9-10-13-5-2-3-7-16(13)19(12)11-14-15(18)6-4-8-17(14)20/h2-8,12,20H,9-11H2,1H3. The van der Waals surface area contributed by atoms with Gasteiger partial charge in [-0.2, -0.15) is 0 Å². The van der Waals surface area contributed by atoms with Gasteiger partial charge in [0.25, 0.3) is 0 Å². The SMILES string of the molecule is CC1CCc2ccccc2N1Cc1c(O)cccc1Cl. The summed E-state index contributed by atoms with van der Waals surface area (Å²) >= 11 is 6.24. The molecule has 1 aliphatic heterocycles. The molecule has 3 rings (SSSR count). The zero-order valence-corrected chi connectivity index (χ0v) is 12.3. The number of phenolic OH excluding ortho intramolecular Hbond substituents is 1. The molecule has 0 bridgehead atoms. The fraction of sp³-hybridized carbons (Fsp3) is 0.294. The third-order valence-corrected chi connectivity index (χ3v) is 4.44. The fourth-order valence-corrected chi connectivity index (χ4v) is 3.10. The predicted molar refractivity (Wildman–Crippen MR) is 83.5 cm³/mol. The van der Waals surface area contributed by atoms with Crippen LogP contribution in [0.15, 0.2) is 42.5 Å². The van der Waals surface area contributed by atoms with Gasteiger partial charge >= 0.3 is 0 Å². The molecule has 0 saturated carbocycles. The van der Waals surface area contributed by atoms with Gasteiger partial charge in [0.1, 0.15) is 5.75 Å². The number of anilines is 1. The minimum absolute atomic E-state index is 0.271. The molecule has 0 saturated heterocycles. The van der Waals surface area contributed by atoms with E-state index in [1.54, 1.807) is 12.1 Å². The lowest BCUT2D eigenvalue weighted by molar-refractivity contribution is 0.463. The number of aromatic hydroxyl groups is 1. The molecule has 1 aliphatic rings. The minimum atomic E-state index is 0.271. The maximum absolute atomic E-state index is 10.0. The van der Waals surface area contributed by atoms with Crippen molar-refractivity contribution in [3.05, 3.63) is 58.6 Å². The molecule has 0 amide bonds. The number of halogens is 1. The highest BCUT2D eigenvalue weighted by Crippen LogP contribution is 2.35. The first-order chi connectivity index (χ1) is 9.66. The minimum Gasteiger partial charge on any atom is -0.508 e. The van der Waals surface area contributed by atoms with Crippen molar-refractivity contribution >= 4 is 17.3 Å². The van der Waals surface area contributed by atoms with Gasteiger partial charge in [0, 0.05) is 28.9 Å². The lowest BCUT2D eigenvalue weighted by Gasteiger charge is -2.37. The van der Waals surface area contributed by atoms with Gasteiger partial charge in [-0.3, -0.25) is 0 Å². The number of para-hydroxylation sites is 1. The summed E-state index contributed by atoms with van der Waals surface area (Å²) in [4.78, 5) is 2.33. The second-order valence-corrected chi connectivity index (χ2v) is 5.79. The molecular weight excluding hydrogens is 270 g/mol. The van der Waals surface area contributed by atoms with Crippen LogP contribution in [0.4, 0.5) is 5.69 Å². The molecular formula is C17H18ClNO. The fourth-order valence-electron chi connectivity index (χ4n) is 2.88. The van der Waals surface area contributed by atoms with Crippen molar-refractivity contribution in [2.24, 2.45) is 0 Å². The van der Waals surface area contributed by atoms with E-state index >= 15 is 0 Å². The van der Waals surface area contributed by atoms with E-state index < -0.39 is 0 Å². The Labute approximate surface area is 124 Å². The summed E-state index contributed by atoms with van der Waals surface area (Å²) in [5.74, 6) is 0.271. The third kappa shape index (κ3) is 2.36. The van der Waals surface area contributed by atoms with Crippen LogP contribution >= 0.6 is 11.6 Å². The number of rotatable bonds is 2. The molecule has 3 heteroatoms. The Morgan fingerprint density at radius 3 is 2.80 bits per heavy atom. The van der Waals surface area contributed by atoms with Crippen molar-refractivity contribution in [1.29, 1.82) is 0 Å². The third-order valence-electron chi connectivity index (χ3n) is 4.09. The lowest BCUT2D eigenvalue weighted by atomic mass is 9.96. The van der Waals surface area contributed by atoms with Gasteiger partial charge < -0.3 is 10.0 Å². The van der Waals surface area contributed by atoms with Gasteiger partial charge in [0.05, 0.1) is 0 Å². The van der Waals surface area contributed by atoms with E-state index in [9.17, 15) is 5.11 Å².